The predicted molar refractivity (Wildman–Crippen MR) is 71.8 cm³/mol. The Balaban J connectivity index is 2.62. The molecule has 0 spiro atoms. The first kappa shape index (κ1) is 15.2. The Morgan fingerprint density at radius 3 is 2.58 bits per heavy atom. The van der Waals surface area contributed by atoms with Crippen LogP contribution >= 0.6 is 0 Å². The molecule has 5 heteroatoms. The van der Waals surface area contributed by atoms with Gasteiger partial charge in [0.1, 0.15) is 5.75 Å². The summed E-state index contributed by atoms with van der Waals surface area (Å²) in [4.78, 5) is 24.2. The Kier molecular flexibility index (Phi) is 5.51. The molecule has 0 heterocycles. The van der Waals surface area contributed by atoms with E-state index >= 15 is 0 Å². The summed E-state index contributed by atoms with van der Waals surface area (Å²) in [6.07, 6.45) is 0.0332. The van der Waals surface area contributed by atoms with Crippen molar-refractivity contribution in [2.45, 2.75) is 13.3 Å². The molecule has 0 radical (unpaired) electrons. The van der Waals surface area contributed by atoms with Gasteiger partial charge in [0.15, 0.2) is 5.78 Å². The van der Waals surface area contributed by atoms with E-state index in [1.807, 2.05) is 6.92 Å². The van der Waals surface area contributed by atoms with Crippen LogP contribution < -0.4 is 4.74 Å². The van der Waals surface area contributed by atoms with Gasteiger partial charge in [0.25, 0.3) is 0 Å². The second-order valence-corrected chi connectivity index (χ2v) is 4.49. The smallest absolute Gasteiger partial charge is 0.304 e. The predicted octanol–water partition coefficient (Wildman–Crippen LogP) is 1.59. The van der Waals surface area contributed by atoms with Crippen molar-refractivity contribution < 1.29 is 19.4 Å². The molecule has 5 nitrogen and oxygen atoms in total. The Morgan fingerprint density at radius 1 is 1.37 bits per heavy atom. The van der Waals surface area contributed by atoms with Crippen molar-refractivity contribution in [3.8, 4) is 5.75 Å². The number of likely N-dealkylation sites (N-methyl/N-ethyl adjacent to an activating group) is 1. The molecule has 0 unspecified atom stereocenters. The van der Waals surface area contributed by atoms with Crippen LogP contribution in [0.4, 0.5) is 0 Å². The fourth-order valence-electron chi connectivity index (χ4n) is 1.75. The Hall–Kier alpha value is -1.88. The number of ether oxygens (including phenoxy) is 1. The first-order chi connectivity index (χ1) is 8.93. The number of aryl methyl sites for hydroxylation is 1. The highest BCUT2D eigenvalue weighted by molar-refractivity contribution is 5.97. The van der Waals surface area contributed by atoms with E-state index in [0.29, 0.717) is 12.1 Å². The van der Waals surface area contributed by atoms with Crippen LogP contribution in [0.15, 0.2) is 18.2 Å². The first-order valence-corrected chi connectivity index (χ1v) is 6.02. The van der Waals surface area contributed by atoms with Crippen LogP contribution in [0.2, 0.25) is 0 Å². The van der Waals surface area contributed by atoms with E-state index in [9.17, 15) is 9.59 Å². The fourth-order valence-corrected chi connectivity index (χ4v) is 1.75. The Bertz CT molecular complexity index is 471. The molecule has 1 aromatic carbocycles. The van der Waals surface area contributed by atoms with Gasteiger partial charge in [0.05, 0.1) is 20.1 Å². The largest absolute Gasteiger partial charge is 0.496 e. The lowest BCUT2D eigenvalue weighted by Gasteiger charge is -2.14. The zero-order valence-corrected chi connectivity index (χ0v) is 11.5. The lowest BCUT2D eigenvalue weighted by atomic mass is 10.1. The topological polar surface area (TPSA) is 66.8 Å². The lowest BCUT2D eigenvalue weighted by Crippen LogP contribution is -2.28. The third-order valence-electron chi connectivity index (χ3n) is 2.84. The molecule has 0 fully saturated rings. The normalized spacial score (nSPS) is 10.5. The molecule has 1 N–H and O–H groups in total. The minimum Gasteiger partial charge on any atom is -0.496 e. The van der Waals surface area contributed by atoms with E-state index in [1.165, 1.54) is 0 Å². The Labute approximate surface area is 112 Å². The SMILES string of the molecule is COc1ccc(C(=O)CN(C)CCC(=O)O)cc1C. The maximum absolute atomic E-state index is 12.0. The zero-order valence-electron chi connectivity index (χ0n) is 11.5. The van der Waals surface area contributed by atoms with E-state index in [0.717, 1.165) is 11.3 Å². The lowest BCUT2D eigenvalue weighted by molar-refractivity contribution is -0.137. The zero-order chi connectivity index (χ0) is 14.4. The number of carbonyl (C=O) groups is 2. The minimum absolute atomic E-state index is 0.0290. The highest BCUT2D eigenvalue weighted by Crippen LogP contribution is 2.18. The van der Waals surface area contributed by atoms with Gasteiger partial charge in [0, 0.05) is 12.1 Å². The number of aliphatic carboxylic acids is 1. The van der Waals surface area contributed by atoms with Gasteiger partial charge in [-0.15, -0.1) is 0 Å². The molecule has 0 saturated heterocycles. The van der Waals surface area contributed by atoms with Gasteiger partial charge in [-0.3, -0.25) is 14.5 Å². The first-order valence-electron chi connectivity index (χ1n) is 6.02. The molecule has 0 aliphatic rings. The molecule has 19 heavy (non-hydrogen) atoms. The number of Topliss-reactive ketones (excluding diaryl/α,β-unsaturated/α-hetero) is 1. The molecule has 1 rings (SSSR count). The molecule has 0 amide bonds. The molecule has 0 aliphatic carbocycles. The molecule has 0 saturated carbocycles. The van der Waals surface area contributed by atoms with Gasteiger partial charge in [-0.1, -0.05) is 0 Å². The van der Waals surface area contributed by atoms with Crippen molar-refractivity contribution in [2.24, 2.45) is 0 Å². The van der Waals surface area contributed by atoms with Gasteiger partial charge in [0.2, 0.25) is 0 Å². The molecular weight excluding hydrogens is 246 g/mol. The van der Waals surface area contributed by atoms with E-state index < -0.39 is 5.97 Å². The van der Waals surface area contributed by atoms with Gasteiger partial charge in [-0.05, 0) is 37.7 Å². The summed E-state index contributed by atoms with van der Waals surface area (Å²) in [7, 11) is 3.32. The second kappa shape index (κ2) is 6.89. The van der Waals surface area contributed by atoms with Crippen LogP contribution in [-0.2, 0) is 4.79 Å². The van der Waals surface area contributed by atoms with Gasteiger partial charge in [-0.2, -0.15) is 0 Å². The number of hydrogen-bond donors (Lipinski definition) is 1. The summed E-state index contributed by atoms with van der Waals surface area (Å²) in [5.74, 6) is -0.144. The molecule has 0 bridgehead atoms. The molecule has 0 aliphatic heterocycles. The van der Waals surface area contributed by atoms with Crippen molar-refractivity contribution >= 4 is 11.8 Å². The van der Waals surface area contributed by atoms with E-state index in [2.05, 4.69) is 0 Å². The maximum Gasteiger partial charge on any atom is 0.304 e. The highest BCUT2D eigenvalue weighted by Gasteiger charge is 2.11. The van der Waals surface area contributed by atoms with Gasteiger partial charge >= 0.3 is 5.97 Å². The van der Waals surface area contributed by atoms with E-state index in [1.54, 1.807) is 37.3 Å². The van der Waals surface area contributed by atoms with Crippen molar-refractivity contribution in [3.05, 3.63) is 29.3 Å². The third kappa shape index (κ3) is 4.71. The summed E-state index contributed by atoms with van der Waals surface area (Å²) in [5.41, 5.74) is 1.52. The number of carboxylic acid groups (broad SMARTS) is 1. The molecular formula is C14H19NO4. The molecule has 0 aromatic heterocycles. The summed E-state index contributed by atoms with van der Waals surface area (Å²) in [5, 5.41) is 8.58. The number of ketones is 1. The summed E-state index contributed by atoms with van der Waals surface area (Å²) < 4.78 is 5.14. The van der Waals surface area contributed by atoms with Gasteiger partial charge < -0.3 is 9.84 Å². The quantitative estimate of drug-likeness (QED) is 0.758. The number of benzene rings is 1. The average molecular weight is 265 g/mol. The van der Waals surface area contributed by atoms with Crippen LogP contribution in [0.25, 0.3) is 0 Å². The van der Waals surface area contributed by atoms with E-state index in [-0.39, 0.29) is 18.7 Å². The van der Waals surface area contributed by atoms with Crippen molar-refractivity contribution in [2.75, 3.05) is 27.2 Å². The minimum atomic E-state index is -0.861. The second-order valence-electron chi connectivity index (χ2n) is 4.49. The van der Waals surface area contributed by atoms with Crippen molar-refractivity contribution in [1.82, 2.24) is 4.90 Å². The van der Waals surface area contributed by atoms with Crippen LogP contribution in [0, 0.1) is 6.92 Å². The number of rotatable bonds is 7. The molecule has 104 valence electrons. The molecule has 1 aromatic rings. The number of carboxylic acids is 1. The average Bonchev–Trinajstić information content (AvgIpc) is 2.36. The molecule has 0 atom stereocenters. The highest BCUT2D eigenvalue weighted by atomic mass is 16.5. The van der Waals surface area contributed by atoms with E-state index in [4.69, 9.17) is 9.84 Å². The summed E-state index contributed by atoms with van der Waals surface area (Å²) in [6, 6.07) is 5.27. The number of carbonyl (C=O) groups excluding carboxylic acids is 1. The van der Waals surface area contributed by atoms with Gasteiger partial charge in [-0.25, -0.2) is 0 Å². The third-order valence-corrected chi connectivity index (χ3v) is 2.84. The fraction of sp³-hybridized carbons (Fsp3) is 0.429. The number of methoxy groups -OCH3 is 1. The maximum atomic E-state index is 12.0. The monoisotopic (exact) mass is 265 g/mol. The van der Waals surface area contributed by atoms with Crippen molar-refractivity contribution in [3.63, 3.8) is 0 Å². The van der Waals surface area contributed by atoms with Crippen molar-refractivity contribution in [1.29, 1.82) is 0 Å². The Morgan fingerprint density at radius 2 is 2.05 bits per heavy atom. The van der Waals surface area contributed by atoms with Crippen LogP contribution in [0.1, 0.15) is 22.3 Å². The van der Waals surface area contributed by atoms with Crippen LogP contribution in [0.5, 0.6) is 5.75 Å². The number of nitrogens with zero attached hydrogens (tertiary/aromatic N) is 1. The van der Waals surface area contributed by atoms with Crippen LogP contribution in [0.3, 0.4) is 0 Å². The standard InChI is InChI=1S/C14H19NO4/c1-10-8-11(4-5-13(10)19-3)12(16)9-15(2)7-6-14(17)18/h4-5,8H,6-7,9H2,1-3H3,(H,17,18). The summed E-state index contributed by atoms with van der Waals surface area (Å²) in [6.45, 7) is 2.44. The summed E-state index contributed by atoms with van der Waals surface area (Å²) >= 11 is 0. The van der Waals surface area contributed by atoms with Crippen LogP contribution in [-0.4, -0.2) is 49.0 Å². The number of hydrogen-bond acceptors (Lipinski definition) is 4.